The zero-order chi connectivity index (χ0) is 19.0. The predicted molar refractivity (Wildman–Crippen MR) is 76.2 cm³/mol. The van der Waals surface area contributed by atoms with Crippen LogP contribution >= 0.6 is 11.6 Å². The van der Waals surface area contributed by atoms with Crippen molar-refractivity contribution in [3.05, 3.63) is 52.2 Å². The molecular weight excluding hydrogens is 376 g/mol. The molecule has 0 aliphatic carbocycles. The summed E-state index contributed by atoms with van der Waals surface area (Å²) in [7, 11) is 1.13. The molecule has 0 atom stereocenters. The number of amides is 1. The zero-order valence-electron chi connectivity index (χ0n) is 12.3. The van der Waals surface area contributed by atoms with Gasteiger partial charge >= 0.3 is 12.4 Å². The number of alkyl halides is 6. The van der Waals surface area contributed by atoms with Crippen LogP contribution in [0.15, 0.2) is 30.3 Å². The second-order valence-corrected chi connectivity index (χ2v) is 5.26. The quantitative estimate of drug-likeness (QED) is 0.720. The maximum absolute atomic E-state index is 12.8. The van der Waals surface area contributed by atoms with Crippen molar-refractivity contribution >= 4 is 23.3 Å². The lowest BCUT2D eigenvalue weighted by molar-refractivity contribution is -0.143. The SMILES string of the molecule is CN(C(=O)c1cc(C(F)(F)F)cc(C(F)(F)F)c1)c1ccc(Cl)nn1. The van der Waals surface area contributed by atoms with E-state index in [0.717, 1.165) is 11.9 Å². The fraction of sp³-hybridized carbons (Fsp3) is 0.214. The molecule has 0 bridgehead atoms. The Bertz CT molecular complexity index is 756. The van der Waals surface area contributed by atoms with Gasteiger partial charge < -0.3 is 0 Å². The second-order valence-electron chi connectivity index (χ2n) is 4.87. The molecule has 1 amide bonds. The lowest BCUT2D eigenvalue weighted by Gasteiger charge is -2.18. The first-order chi connectivity index (χ1) is 11.4. The van der Waals surface area contributed by atoms with Crippen LogP contribution in [-0.4, -0.2) is 23.2 Å². The second kappa shape index (κ2) is 6.51. The number of benzene rings is 1. The van der Waals surface area contributed by atoms with Gasteiger partial charge in [-0.25, -0.2) is 0 Å². The van der Waals surface area contributed by atoms with Gasteiger partial charge in [-0.2, -0.15) is 26.3 Å². The average molecular weight is 384 g/mol. The Kier molecular flexibility index (Phi) is 4.94. The first-order valence-corrected chi connectivity index (χ1v) is 6.84. The van der Waals surface area contributed by atoms with Crippen LogP contribution in [0.5, 0.6) is 0 Å². The van der Waals surface area contributed by atoms with E-state index >= 15 is 0 Å². The molecule has 2 aromatic rings. The summed E-state index contributed by atoms with van der Waals surface area (Å²) in [5.41, 5.74) is -3.95. The minimum Gasteiger partial charge on any atom is -0.294 e. The Morgan fingerprint density at radius 2 is 1.48 bits per heavy atom. The molecule has 0 fully saturated rings. The molecule has 1 aromatic carbocycles. The van der Waals surface area contributed by atoms with E-state index < -0.39 is 35.0 Å². The Labute approximate surface area is 142 Å². The van der Waals surface area contributed by atoms with Gasteiger partial charge in [0.15, 0.2) is 11.0 Å². The molecule has 1 aromatic heterocycles. The van der Waals surface area contributed by atoms with Crippen LogP contribution in [0.3, 0.4) is 0 Å². The van der Waals surface area contributed by atoms with E-state index in [2.05, 4.69) is 10.2 Å². The maximum atomic E-state index is 12.8. The van der Waals surface area contributed by atoms with Crippen LogP contribution < -0.4 is 4.90 Å². The normalized spacial score (nSPS) is 12.2. The average Bonchev–Trinajstić information content (AvgIpc) is 2.52. The van der Waals surface area contributed by atoms with Crippen LogP contribution in [0.4, 0.5) is 32.2 Å². The topological polar surface area (TPSA) is 46.1 Å². The van der Waals surface area contributed by atoms with E-state index in [9.17, 15) is 31.1 Å². The van der Waals surface area contributed by atoms with Crippen molar-refractivity contribution in [2.24, 2.45) is 0 Å². The van der Waals surface area contributed by atoms with Crippen molar-refractivity contribution in [2.75, 3.05) is 11.9 Å². The number of anilines is 1. The molecule has 0 unspecified atom stereocenters. The maximum Gasteiger partial charge on any atom is 0.416 e. The largest absolute Gasteiger partial charge is 0.416 e. The first-order valence-electron chi connectivity index (χ1n) is 6.46. The summed E-state index contributed by atoms with van der Waals surface area (Å²) >= 11 is 5.53. The standard InChI is InChI=1S/C14H8ClF6N3O/c1-24(11-3-2-10(15)22-23-11)12(25)7-4-8(13(16,17)18)6-9(5-7)14(19,20)21/h2-6H,1H3. The number of carbonyl (C=O) groups is 1. The van der Waals surface area contributed by atoms with Gasteiger partial charge in [-0.15, -0.1) is 10.2 Å². The Balaban J connectivity index is 2.49. The molecular formula is C14H8ClF6N3O. The third-order valence-corrected chi connectivity index (χ3v) is 3.30. The highest BCUT2D eigenvalue weighted by atomic mass is 35.5. The molecule has 134 valence electrons. The molecule has 0 saturated heterocycles. The molecule has 0 aliphatic rings. The van der Waals surface area contributed by atoms with Crippen molar-refractivity contribution in [3.63, 3.8) is 0 Å². The monoisotopic (exact) mass is 383 g/mol. The number of hydrogen-bond donors (Lipinski definition) is 0. The molecule has 2 rings (SSSR count). The minimum absolute atomic E-state index is 0.00280. The third kappa shape index (κ3) is 4.38. The first kappa shape index (κ1) is 19.0. The minimum atomic E-state index is -5.05. The van der Waals surface area contributed by atoms with E-state index in [1.807, 2.05) is 0 Å². The number of carbonyl (C=O) groups excluding carboxylic acids is 1. The van der Waals surface area contributed by atoms with E-state index in [4.69, 9.17) is 11.6 Å². The molecule has 0 saturated carbocycles. The highest BCUT2D eigenvalue weighted by molar-refractivity contribution is 6.29. The molecule has 11 heteroatoms. The lowest BCUT2D eigenvalue weighted by atomic mass is 10.0. The molecule has 0 N–H and O–H groups in total. The summed E-state index contributed by atoms with van der Waals surface area (Å²) in [6.45, 7) is 0. The summed E-state index contributed by atoms with van der Waals surface area (Å²) in [6, 6.07) is 3.14. The van der Waals surface area contributed by atoms with Gasteiger partial charge in [0.05, 0.1) is 11.1 Å². The Morgan fingerprint density at radius 3 is 1.88 bits per heavy atom. The van der Waals surface area contributed by atoms with Gasteiger partial charge in [0.1, 0.15) is 0 Å². The van der Waals surface area contributed by atoms with Gasteiger partial charge in [0, 0.05) is 12.6 Å². The van der Waals surface area contributed by atoms with Crippen molar-refractivity contribution in [1.29, 1.82) is 0 Å². The number of rotatable bonds is 2. The zero-order valence-corrected chi connectivity index (χ0v) is 13.0. The van der Waals surface area contributed by atoms with Crippen LogP contribution in [0, 0.1) is 0 Å². The van der Waals surface area contributed by atoms with Gasteiger partial charge in [0.25, 0.3) is 5.91 Å². The van der Waals surface area contributed by atoms with Crippen molar-refractivity contribution in [2.45, 2.75) is 12.4 Å². The summed E-state index contributed by atoms with van der Waals surface area (Å²) in [5, 5.41) is 7.00. The van der Waals surface area contributed by atoms with Gasteiger partial charge in [-0.3, -0.25) is 9.69 Å². The van der Waals surface area contributed by atoms with Crippen LogP contribution in [-0.2, 0) is 12.4 Å². The molecule has 0 radical (unpaired) electrons. The van der Waals surface area contributed by atoms with Crippen molar-refractivity contribution < 1.29 is 31.1 Å². The van der Waals surface area contributed by atoms with E-state index in [-0.39, 0.29) is 17.0 Å². The fourth-order valence-corrected chi connectivity index (χ4v) is 1.96. The number of hydrogen-bond acceptors (Lipinski definition) is 3. The number of halogens is 7. The smallest absolute Gasteiger partial charge is 0.294 e. The number of nitrogens with zero attached hydrogens (tertiary/aromatic N) is 3. The summed E-state index contributed by atoms with van der Waals surface area (Å²) < 4.78 is 77.0. The molecule has 1 heterocycles. The van der Waals surface area contributed by atoms with Crippen LogP contribution in [0.1, 0.15) is 21.5 Å². The van der Waals surface area contributed by atoms with Gasteiger partial charge in [-0.05, 0) is 30.3 Å². The van der Waals surface area contributed by atoms with Crippen LogP contribution in [0.25, 0.3) is 0 Å². The molecule has 25 heavy (non-hydrogen) atoms. The van der Waals surface area contributed by atoms with Crippen molar-refractivity contribution in [1.82, 2.24) is 10.2 Å². The van der Waals surface area contributed by atoms with E-state index in [1.165, 1.54) is 12.1 Å². The molecule has 0 aliphatic heterocycles. The number of aromatic nitrogens is 2. The molecule has 0 spiro atoms. The predicted octanol–water partition coefficient (Wildman–Crippen LogP) is 4.44. The van der Waals surface area contributed by atoms with E-state index in [0.29, 0.717) is 12.1 Å². The van der Waals surface area contributed by atoms with Gasteiger partial charge in [0.2, 0.25) is 0 Å². The Hall–Kier alpha value is -2.36. The lowest BCUT2D eigenvalue weighted by Crippen LogP contribution is -2.28. The summed E-state index contributed by atoms with van der Waals surface area (Å²) in [4.78, 5) is 13.0. The fourth-order valence-electron chi connectivity index (χ4n) is 1.86. The van der Waals surface area contributed by atoms with Gasteiger partial charge in [-0.1, -0.05) is 11.6 Å². The Morgan fingerprint density at radius 1 is 0.960 bits per heavy atom. The summed E-state index contributed by atoms with van der Waals surface area (Å²) in [5.74, 6) is -1.21. The van der Waals surface area contributed by atoms with E-state index in [1.54, 1.807) is 0 Å². The van der Waals surface area contributed by atoms with Crippen LogP contribution in [0.2, 0.25) is 5.15 Å². The summed E-state index contributed by atoms with van der Waals surface area (Å²) in [6.07, 6.45) is -10.1. The highest BCUT2D eigenvalue weighted by Gasteiger charge is 2.37. The highest BCUT2D eigenvalue weighted by Crippen LogP contribution is 2.36. The van der Waals surface area contributed by atoms with Crippen molar-refractivity contribution in [3.8, 4) is 0 Å². The molecule has 4 nitrogen and oxygen atoms in total. The third-order valence-electron chi connectivity index (χ3n) is 3.10.